The summed E-state index contributed by atoms with van der Waals surface area (Å²) in [5.41, 5.74) is 0.925. The number of nitrogens with zero attached hydrogens (tertiary/aromatic N) is 2. The van der Waals surface area contributed by atoms with Crippen molar-refractivity contribution in [3.05, 3.63) is 35.9 Å². The van der Waals surface area contributed by atoms with Crippen LogP contribution in [0.2, 0.25) is 0 Å². The number of amides is 1. The fourth-order valence-electron chi connectivity index (χ4n) is 2.87. The number of rotatable bonds is 1. The van der Waals surface area contributed by atoms with Gasteiger partial charge in [0.05, 0.1) is 12.7 Å². The molecule has 3 rings (SSSR count). The number of benzene rings is 1. The number of ether oxygens (including phenoxy) is 2. The number of hydrogen-bond acceptors (Lipinski definition) is 5. The smallest absolute Gasteiger partial charge is 0.410 e. The van der Waals surface area contributed by atoms with Gasteiger partial charge in [0.2, 0.25) is 0 Å². The minimum absolute atomic E-state index is 0.167. The van der Waals surface area contributed by atoms with E-state index in [2.05, 4.69) is 36.2 Å². The highest BCUT2D eigenvalue weighted by Crippen LogP contribution is 2.20. The zero-order valence-corrected chi connectivity index (χ0v) is 17.1. The second-order valence-corrected chi connectivity index (χ2v) is 7.71. The van der Waals surface area contributed by atoms with E-state index in [-0.39, 0.29) is 17.8 Å². The number of morpholine rings is 1. The van der Waals surface area contributed by atoms with Gasteiger partial charge in [-0.1, -0.05) is 30.3 Å². The molecule has 2 fully saturated rings. The van der Waals surface area contributed by atoms with Crippen molar-refractivity contribution in [3.63, 3.8) is 0 Å². The Morgan fingerprint density at radius 2 is 1.70 bits per heavy atom. The molecule has 1 aromatic rings. The first kappa shape index (κ1) is 23.1. The molecule has 6 nitrogen and oxygen atoms in total. The fourth-order valence-corrected chi connectivity index (χ4v) is 2.87. The molecule has 2 aliphatic heterocycles. The summed E-state index contributed by atoms with van der Waals surface area (Å²) in [7, 11) is 2.14. The summed E-state index contributed by atoms with van der Waals surface area (Å²) in [5.74, 6) is 0. The molecular weight excluding hydrogens is 344 g/mol. The van der Waals surface area contributed by atoms with Crippen LogP contribution in [0.4, 0.5) is 4.79 Å². The molecular formula is C21H34N2O4. The summed E-state index contributed by atoms with van der Waals surface area (Å²) in [6.45, 7) is 12.3. The molecule has 2 aliphatic rings. The van der Waals surface area contributed by atoms with E-state index in [0.717, 1.165) is 45.6 Å². The van der Waals surface area contributed by atoms with Crippen LogP contribution in [0.5, 0.6) is 0 Å². The third-order valence-corrected chi connectivity index (χ3v) is 4.20. The molecule has 27 heavy (non-hydrogen) atoms. The Balaban J connectivity index is 0.000000248. The van der Waals surface area contributed by atoms with Gasteiger partial charge in [-0.15, -0.1) is 0 Å². The van der Waals surface area contributed by atoms with Crippen molar-refractivity contribution < 1.29 is 19.1 Å². The van der Waals surface area contributed by atoms with Gasteiger partial charge < -0.3 is 24.1 Å². The minimum Gasteiger partial charge on any atom is -0.444 e. The molecule has 0 aromatic heterocycles. The highest BCUT2D eigenvalue weighted by Gasteiger charge is 2.24. The standard InChI is InChI=1S/C11H15NO.C9H17NO2.CH2O/c1-12-7-8-13-11(9-12)10-5-3-2-4-6-10;1-9(2,3)12-8(11)10-6-4-5-7-10;1-2/h2-6,11H,7-9H2,1H3;4-7H2,1-3H3;1H2. The van der Waals surface area contributed by atoms with Crippen LogP contribution in [0.25, 0.3) is 0 Å². The Morgan fingerprint density at radius 3 is 2.22 bits per heavy atom. The van der Waals surface area contributed by atoms with Gasteiger partial charge in [-0.05, 0) is 46.2 Å². The van der Waals surface area contributed by atoms with Gasteiger partial charge in [0.25, 0.3) is 0 Å². The molecule has 1 atom stereocenters. The van der Waals surface area contributed by atoms with Crippen molar-refractivity contribution in [2.24, 2.45) is 0 Å². The first-order valence-electron chi connectivity index (χ1n) is 9.47. The Bertz CT molecular complexity index is 539. The Labute approximate surface area is 163 Å². The van der Waals surface area contributed by atoms with Gasteiger partial charge >= 0.3 is 6.09 Å². The molecule has 0 bridgehead atoms. The van der Waals surface area contributed by atoms with E-state index in [1.54, 1.807) is 4.90 Å². The van der Waals surface area contributed by atoms with E-state index in [9.17, 15) is 4.79 Å². The van der Waals surface area contributed by atoms with Gasteiger partial charge in [0.1, 0.15) is 12.4 Å². The minimum atomic E-state index is -0.361. The summed E-state index contributed by atoms with van der Waals surface area (Å²) in [4.78, 5) is 23.4. The number of likely N-dealkylation sites (tertiary alicyclic amines) is 1. The van der Waals surface area contributed by atoms with Gasteiger partial charge in [0.15, 0.2) is 0 Å². The predicted molar refractivity (Wildman–Crippen MR) is 107 cm³/mol. The normalized spacial score (nSPS) is 20.0. The molecule has 1 unspecified atom stereocenters. The predicted octanol–water partition coefficient (Wildman–Crippen LogP) is 3.52. The van der Waals surface area contributed by atoms with Crippen LogP contribution in [0, 0.1) is 0 Å². The van der Waals surface area contributed by atoms with Gasteiger partial charge in [-0.3, -0.25) is 0 Å². The van der Waals surface area contributed by atoms with E-state index in [4.69, 9.17) is 14.3 Å². The van der Waals surface area contributed by atoms with Crippen LogP contribution in [0.15, 0.2) is 30.3 Å². The lowest BCUT2D eigenvalue weighted by Gasteiger charge is -2.30. The lowest BCUT2D eigenvalue weighted by Crippen LogP contribution is -2.35. The molecule has 0 aliphatic carbocycles. The molecule has 0 spiro atoms. The van der Waals surface area contributed by atoms with E-state index in [1.165, 1.54) is 5.56 Å². The molecule has 1 aromatic carbocycles. The second kappa shape index (κ2) is 11.7. The van der Waals surface area contributed by atoms with E-state index < -0.39 is 0 Å². The van der Waals surface area contributed by atoms with Gasteiger partial charge in [0, 0.05) is 26.2 Å². The lowest BCUT2D eigenvalue weighted by atomic mass is 10.1. The fraction of sp³-hybridized carbons (Fsp3) is 0.619. The zero-order chi connectivity index (χ0) is 20.3. The maximum atomic E-state index is 11.4. The van der Waals surface area contributed by atoms with Crippen molar-refractivity contribution in [1.29, 1.82) is 0 Å². The average molecular weight is 379 g/mol. The quantitative estimate of drug-likeness (QED) is 0.748. The SMILES string of the molecule is C=O.CC(C)(C)OC(=O)N1CCCC1.CN1CCOC(c2ccccc2)C1. The summed E-state index contributed by atoms with van der Waals surface area (Å²) in [6.07, 6.45) is 2.32. The summed E-state index contributed by atoms with van der Waals surface area (Å²) in [6, 6.07) is 10.4. The average Bonchev–Trinajstić information content (AvgIpc) is 3.18. The van der Waals surface area contributed by atoms with Crippen LogP contribution in [0.3, 0.4) is 0 Å². The maximum absolute atomic E-state index is 11.4. The summed E-state index contributed by atoms with van der Waals surface area (Å²) < 4.78 is 10.9. The third kappa shape index (κ3) is 9.02. The van der Waals surface area contributed by atoms with Crippen LogP contribution in [-0.4, -0.2) is 68.1 Å². The maximum Gasteiger partial charge on any atom is 0.410 e. The van der Waals surface area contributed by atoms with Crippen LogP contribution in [0.1, 0.15) is 45.3 Å². The number of carbonyl (C=O) groups is 2. The molecule has 0 saturated carbocycles. The van der Waals surface area contributed by atoms with Crippen molar-refractivity contribution in [3.8, 4) is 0 Å². The van der Waals surface area contributed by atoms with Crippen molar-refractivity contribution in [1.82, 2.24) is 9.80 Å². The summed E-state index contributed by atoms with van der Waals surface area (Å²) >= 11 is 0. The number of carbonyl (C=O) groups excluding carboxylic acids is 2. The number of likely N-dealkylation sites (N-methyl/N-ethyl adjacent to an activating group) is 1. The summed E-state index contributed by atoms with van der Waals surface area (Å²) in [5, 5.41) is 0. The highest BCUT2D eigenvalue weighted by molar-refractivity contribution is 5.68. The van der Waals surface area contributed by atoms with E-state index >= 15 is 0 Å². The Kier molecular flexibility index (Phi) is 10.0. The second-order valence-electron chi connectivity index (χ2n) is 7.71. The first-order chi connectivity index (χ1) is 12.8. The Hall–Kier alpha value is -1.92. The molecule has 0 radical (unpaired) electrons. The third-order valence-electron chi connectivity index (χ3n) is 4.20. The van der Waals surface area contributed by atoms with Crippen molar-refractivity contribution in [2.45, 2.75) is 45.3 Å². The van der Waals surface area contributed by atoms with Crippen LogP contribution >= 0.6 is 0 Å². The molecule has 0 N–H and O–H groups in total. The van der Waals surface area contributed by atoms with Gasteiger partial charge in [-0.2, -0.15) is 0 Å². The van der Waals surface area contributed by atoms with Crippen LogP contribution < -0.4 is 0 Å². The van der Waals surface area contributed by atoms with Crippen molar-refractivity contribution in [2.75, 3.05) is 39.8 Å². The highest BCUT2D eigenvalue weighted by atomic mass is 16.6. The molecule has 2 saturated heterocycles. The van der Waals surface area contributed by atoms with E-state index in [1.807, 2.05) is 33.6 Å². The molecule has 1 amide bonds. The van der Waals surface area contributed by atoms with Crippen molar-refractivity contribution >= 4 is 12.9 Å². The topological polar surface area (TPSA) is 59.1 Å². The van der Waals surface area contributed by atoms with Gasteiger partial charge in [-0.25, -0.2) is 4.79 Å². The number of hydrogen-bond donors (Lipinski definition) is 0. The largest absolute Gasteiger partial charge is 0.444 e. The molecule has 6 heteroatoms. The van der Waals surface area contributed by atoms with Crippen LogP contribution in [-0.2, 0) is 14.3 Å². The monoisotopic (exact) mass is 378 g/mol. The first-order valence-corrected chi connectivity index (χ1v) is 9.47. The Morgan fingerprint density at radius 1 is 1.11 bits per heavy atom. The molecule has 2 heterocycles. The lowest BCUT2D eigenvalue weighted by molar-refractivity contribution is -0.0980. The molecule has 152 valence electrons. The van der Waals surface area contributed by atoms with E-state index in [0.29, 0.717) is 0 Å². The zero-order valence-electron chi connectivity index (χ0n) is 17.1.